The van der Waals surface area contributed by atoms with Gasteiger partial charge in [0.05, 0.1) is 29.6 Å². The summed E-state index contributed by atoms with van der Waals surface area (Å²) in [4.78, 5) is 23.0. The van der Waals surface area contributed by atoms with E-state index in [2.05, 4.69) is 9.97 Å². The molecule has 0 bridgehead atoms. The van der Waals surface area contributed by atoms with Crippen molar-refractivity contribution < 1.29 is 13.2 Å². The average Bonchev–Trinajstić information content (AvgIpc) is 3.48. The number of aromatic amines is 1. The monoisotopic (exact) mass is 477 g/mol. The van der Waals surface area contributed by atoms with Crippen molar-refractivity contribution in [2.45, 2.75) is 30.6 Å². The standard InChI is InChI=1S/C25H20ClN3O3S/c26-17-5-6-18-20(11-17)28-21(23(18)16-3-1-15(2-4-16)14-33(31)32)13-29-22-12-27-10-7-19(22)25(8-9-25)24(29)30/h1-7,10-12,28,33H,8-9,13-14H2. The van der Waals surface area contributed by atoms with E-state index in [1.54, 1.807) is 12.4 Å². The third-order valence-electron chi connectivity index (χ3n) is 6.72. The molecule has 4 aromatic rings. The van der Waals surface area contributed by atoms with Crippen LogP contribution in [0.5, 0.6) is 0 Å². The maximum Gasteiger partial charge on any atom is 0.238 e. The molecule has 1 saturated carbocycles. The summed E-state index contributed by atoms with van der Waals surface area (Å²) < 4.78 is 22.2. The van der Waals surface area contributed by atoms with Crippen molar-refractivity contribution in [1.82, 2.24) is 9.97 Å². The number of H-pyrrole nitrogens is 1. The maximum atomic E-state index is 13.4. The van der Waals surface area contributed by atoms with E-state index >= 15 is 0 Å². The molecule has 8 heteroatoms. The van der Waals surface area contributed by atoms with Crippen LogP contribution in [0.4, 0.5) is 5.69 Å². The first-order valence-electron chi connectivity index (χ1n) is 10.7. The van der Waals surface area contributed by atoms with Gasteiger partial charge in [-0.3, -0.25) is 9.78 Å². The number of halogens is 1. The zero-order valence-electron chi connectivity index (χ0n) is 17.5. The number of benzene rings is 2. The van der Waals surface area contributed by atoms with Crippen LogP contribution in [0, 0.1) is 0 Å². The van der Waals surface area contributed by atoms with Gasteiger partial charge >= 0.3 is 0 Å². The molecular weight excluding hydrogens is 458 g/mol. The van der Waals surface area contributed by atoms with Gasteiger partial charge < -0.3 is 9.88 Å². The van der Waals surface area contributed by atoms with Gasteiger partial charge in [-0.25, -0.2) is 8.42 Å². The van der Waals surface area contributed by atoms with Crippen LogP contribution in [0.15, 0.2) is 60.9 Å². The minimum atomic E-state index is -2.48. The molecule has 0 saturated heterocycles. The summed E-state index contributed by atoms with van der Waals surface area (Å²) in [5.74, 6) is 0.142. The van der Waals surface area contributed by atoms with Gasteiger partial charge in [0.15, 0.2) is 0 Å². The highest BCUT2D eigenvalue weighted by Crippen LogP contribution is 2.57. The molecule has 3 heterocycles. The molecule has 6 rings (SSSR count). The Bertz CT molecular complexity index is 1500. The number of hydrogen-bond acceptors (Lipinski definition) is 4. The molecule has 1 fully saturated rings. The minimum absolute atomic E-state index is 0.0140. The third-order valence-corrected chi connectivity index (χ3v) is 7.58. The number of aromatic nitrogens is 2. The van der Waals surface area contributed by atoms with Crippen molar-refractivity contribution in [2.75, 3.05) is 4.90 Å². The molecule has 2 aromatic heterocycles. The van der Waals surface area contributed by atoms with E-state index in [0.29, 0.717) is 11.6 Å². The van der Waals surface area contributed by atoms with Gasteiger partial charge in [0, 0.05) is 33.4 Å². The Kier molecular flexibility index (Phi) is 4.61. The lowest BCUT2D eigenvalue weighted by Gasteiger charge is -2.18. The first-order valence-corrected chi connectivity index (χ1v) is 12.5. The van der Waals surface area contributed by atoms with Crippen molar-refractivity contribution in [3.8, 4) is 11.1 Å². The molecule has 2 aliphatic rings. The van der Waals surface area contributed by atoms with E-state index in [1.165, 1.54) is 0 Å². The van der Waals surface area contributed by atoms with E-state index in [9.17, 15) is 13.2 Å². The van der Waals surface area contributed by atoms with Gasteiger partial charge in [-0.1, -0.05) is 41.9 Å². The summed E-state index contributed by atoms with van der Waals surface area (Å²) in [6, 6.07) is 15.2. The molecule has 33 heavy (non-hydrogen) atoms. The van der Waals surface area contributed by atoms with E-state index < -0.39 is 10.7 Å². The predicted octanol–water partition coefficient (Wildman–Crippen LogP) is 4.57. The number of fused-ring (bicyclic) bond motifs is 3. The van der Waals surface area contributed by atoms with Gasteiger partial charge in [0.2, 0.25) is 5.91 Å². The number of nitrogens with zero attached hydrogens (tertiary/aromatic N) is 2. The van der Waals surface area contributed by atoms with E-state index in [-0.39, 0.29) is 17.1 Å². The lowest BCUT2D eigenvalue weighted by Crippen LogP contribution is -2.31. The number of hydrogen-bond donors (Lipinski definition) is 2. The van der Waals surface area contributed by atoms with Crippen molar-refractivity contribution in [1.29, 1.82) is 0 Å². The Morgan fingerprint density at radius 1 is 1.09 bits per heavy atom. The van der Waals surface area contributed by atoms with Crippen LogP contribution in [-0.2, 0) is 33.2 Å². The zero-order chi connectivity index (χ0) is 22.7. The van der Waals surface area contributed by atoms with Gasteiger partial charge in [-0.05, 0) is 47.7 Å². The molecule has 1 aliphatic heterocycles. The lowest BCUT2D eigenvalue weighted by atomic mass is 9.99. The lowest BCUT2D eigenvalue weighted by molar-refractivity contribution is -0.120. The van der Waals surface area contributed by atoms with Crippen LogP contribution in [0.25, 0.3) is 22.0 Å². The summed E-state index contributed by atoms with van der Waals surface area (Å²) in [5.41, 5.74) is 6.01. The highest BCUT2D eigenvalue weighted by molar-refractivity contribution is 7.71. The number of anilines is 1. The maximum absolute atomic E-state index is 13.4. The fourth-order valence-electron chi connectivity index (χ4n) is 5.01. The van der Waals surface area contributed by atoms with E-state index in [0.717, 1.165) is 57.4 Å². The fraction of sp³-hybridized carbons (Fsp3) is 0.200. The zero-order valence-corrected chi connectivity index (χ0v) is 19.2. The third kappa shape index (κ3) is 3.26. The Balaban J connectivity index is 1.46. The number of carbonyl (C=O) groups excluding carboxylic acids is 1. The summed E-state index contributed by atoms with van der Waals surface area (Å²) in [5, 5.41) is 1.62. The highest BCUT2D eigenvalue weighted by Gasteiger charge is 2.59. The smallest absolute Gasteiger partial charge is 0.238 e. The molecule has 0 atom stereocenters. The Morgan fingerprint density at radius 3 is 2.61 bits per heavy atom. The van der Waals surface area contributed by atoms with Crippen LogP contribution in [0.3, 0.4) is 0 Å². The van der Waals surface area contributed by atoms with Gasteiger partial charge in [0.25, 0.3) is 0 Å². The number of nitrogens with one attached hydrogen (secondary N) is 1. The summed E-state index contributed by atoms with van der Waals surface area (Å²) in [6.45, 7) is 0.384. The summed E-state index contributed by atoms with van der Waals surface area (Å²) in [6.07, 6.45) is 5.28. The number of amides is 1. The first kappa shape index (κ1) is 20.4. The van der Waals surface area contributed by atoms with Gasteiger partial charge in [0.1, 0.15) is 10.7 Å². The van der Waals surface area contributed by atoms with E-state index in [1.807, 2.05) is 53.4 Å². The van der Waals surface area contributed by atoms with Gasteiger partial charge in [-0.15, -0.1) is 0 Å². The molecule has 1 N–H and O–H groups in total. The molecule has 6 nitrogen and oxygen atoms in total. The molecule has 1 spiro atoms. The molecule has 1 aliphatic carbocycles. The second-order valence-corrected chi connectivity index (χ2v) is 10.1. The topological polar surface area (TPSA) is 83.1 Å². The van der Waals surface area contributed by atoms with Gasteiger partial charge in [-0.2, -0.15) is 0 Å². The Morgan fingerprint density at radius 2 is 1.88 bits per heavy atom. The van der Waals surface area contributed by atoms with Crippen molar-refractivity contribution >= 4 is 44.8 Å². The molecule has 0 unspecified atom stereocenters. The van der Waals surface area contributed by atoms with Crippen LogP contribution >= 0.6 is 11.6 Å². The highest BCUT2D eigenvalue weighted by atomic mass is 35.5. The summed E-state index contributed by atoms with van der Waals surface area (Å²) in [7, 11) is -2.48. The second kappa shape index (κ2) is 7.43. The Labute approximate surface area is 197 Å². The Hall–Kier alpha value is -3.16. The molecule has 1 amide bonds. The SMILES string of the molecule is O=C1N(Cc2[nH]c3cc(Cl)ccc3c2-c2ccc(C[SH](=O)=O)cc2)c2cnccc2C12CC2. The molecule has 166 valence electrons. The molecular formula is C25H20ClN3O3S. The summed E-state index contributed by atoms with van der Waals surface area (Å²) >= 11 is 6.25. The van der Waals surface area contributed by atoms with Crippen LogP contribution < -0.4 is 4.90 Å². The second-order valence-electron chi connectivity index (χ2n) is 8.72. The molecule has 2 aromatic carbocycles. The van der Waals surface area contributed by atoms with Crippen LogP contribution in [0.1, 0.15) is 29.7 Å². The van der Waals surface area contributed by atoms with Crippen molar-refractivity contribution in [3.63, 3.8) is 0 Å². The number of thiol groups is 1. The normalized spacial score (nSPS) is 16.2. The van der Waals surface area contributed by atoms with Crippen molar-refractivity contribution in [2.24, 2.45) is 0 Å². The van der Waals surface area contributed by atoms with Crippen LogP contribution in [0.2, 0.25) is 5.02 Å². The fourth-order valence-corrected chi connectivity index (χ4v) is 5.69. The first-order chi connectivity index (χ1) is 16.0. The van der Waals surface area contributed by atoms with E-state index in [4.69, 9.17) is 11.6 Å². The predicted molar refractivity (Wildman–Crippen MR) is 129 cm³/mol. The largest absolute Gasteiger partial charge is 0.356 e. The number of carbonyl (C=O) groups is 1. The molecule has 0 radical (unpaired) electrons. The average molecular weight is 478 g/mol. The quantitative estimate of drug-likeness (QED) is 0.412. The minimum Gasteiger partial charge on any atom is -0.356 e. The van der Waals surface area contributed by atoms with Crippen molar-refractivity contribution in [3.05, 3.63) is 82.8 Å². The number of pyridine rings is 1. The number of rotatable bonds is 5. The van der Waals surface area contributed by atoms with Crippen LogP contribution in [-0.4, -0.2) is 24.3 Å².